The van der Waals surface area contributed by atoms with Gasteiger partial charge in [0.05, 0.1) is 0 Å². The predicted molar refractivity (Wildman–Crippen MR) is 77.0 cm³/mol. The maximum atomic E-state index is 12.0. The fraction of sp³-hybridized carbons (Fsp3) is 0.857. The molecule has 20 heavy (non-hydrogen) atoms. The predicted octanol–water partition coefficient (Wildman–Crippen LogP) is -0.606. The number of carbonyl (C=O) groups is 2. The number of rotatable bonds is 4. The summed E-state index contributed by atoms with van der Waals surface area (Å²) in [6, 6.07) is 0.165. The van der Waals surface area contributed by atoms with Gasteiger partial charge in [-0.15, -0.1) is 0 Å². The summed E-state index contributed by atoms with van der Waals surface area (Å²) in [7, 11) is 2.06. The molecule has 3 N–H and O–H groups in total. The number of hydrogen-bond acceptors (Lipinski definition) is 4. The first-order valence-electron chi connectivity index (χ1n) is 7.56. The Labute approximate surface area is 120 Å². The molecule has 0 bridgehead atoms. The van der Waals surface area contributed by atoms with Crippen molar-refractivity contribution in [2.75, 3.05) is 39.8 Å². The van der Waals surface area contributed by atoms with Crippen molar-refractivity contribution < 1.29 is 9.59 Å². The topological polar surface area (TPSA) is 78.7 Å². The Morgan fingerprint density at radius 3 is 2.50 bits per heavy atom. The van der Waals surface area contributed by atoms with E-state index in [0.717, 1.165) is 45.4 Å². The van der Waals surface area contributed by atoms with E-state index in [1.807, 2.05) is 4.90 Å². The Hall–Kier alpha value is -1.14. The van der Waals surface area contributed by atoms with E-state index in [-0.39, 0.29) is 23.8 Å². The van der Waals surface area contributed by atoms with E-state index < -0.39 is 0 Å². The maximum Gasteiger partial charge on any atom is 0.224 e. The Morgan fingerprint density at radius 2 is 1.90 bits per heavy atom. The number of nitrogens with two attached hydrogens (primary N) is 1. The maximum absolute atomic E-state index is 12.0. The molecule has 2 rings (SSSR count). The molecule has 1 aliphatic carbocycles. The van der Waals surface area contributed by atoms with Crippen molar-refractivity contribution in [2.24, 2.45) is 11.7 Å². The van der Waals surface area contributed by atoms with E-state index in [1.165, 1.54) is 0 Å². The molecule has 6 heteroatoms. The summed E-state index contributed by atoms with van der Waals surface area (Å²) < 4.78 is 0. The molecule has 2 amide bonds. The second-order valence-electron chi connectivity index (χ2n) is 6.00. The summed E-state index contributed by atoms with van der Waals surface area (Å²) in [5.74, 6) is 0.245. The number of carbonyl (C=O) groups excluding carboxylic acids is 2. The molecule has 2 fully saturated rings. The highest BCUT2D eigenvalue weighted by Crippen LogP contribution is 2.23. The smallest absolute Gasteiger partial charge is 0.224 e. The first-order valence-corrected chi connectivity index (χ1v) is 7.56. The van der Waals surface area contributed by atoms with E-state index >= 15 is 0 Å². The fourth-order valence-electron chi connectivity index (χ4n) is 2.91. The van der Waals surface area contributed by atoms with Crippen LogP contribution in [0.4, 0.5) is 0 Å². The molecule has 2 aliphatic rings. The molecule has 2 atom stereocenters. The van der Waals surface area contributed by atoms with Crippen molar-refractivity contribution in [1.29, 1.82) is 0 Å². The molecule has 1 saturated carbocycles. The molecule has 0 aromatic carbocycles. The number of nitrogens with one attached hydrogen (secondary N) is 1. The lowest BCUT2D eigenvalue weighted by atomic mass is 10.1. The van der Waals surface area contributed by atoms with Crippen molar-refractivity contribution in [3.05, 3.63) is 0 Å². The molecule has 2 unspecified atom stereocenters. The molecule has 6 nitrogen and oxygen atoms in total. The third-order valence-corrected chi connectivity index (χ3v) is 4.34. The van der Waals surface area contributed by atoms with Crippen LogP contribution < -0.4 is 11.1 Å². The highest BCUT2D eigenvalue weighted by Gasteiger charge is 2.27. The minimum Gasteiger partial charge on any atom is -0.355 e. The van der Waals surface area contributed by atoms with Crippen molar-refractivity contribution in [2.45, 2.75) is 31.7 Å². The van der Waals surface area contributed by atoms with E-state index in [1.54, 1.807) is 0 Å². The lowest BCUT2D eigenvalue weighted by Crippen LogP contribution is -2.47. The standard InChI is InChI=1S/C14H26N4O2/c1-17-6-8-18(9-7-17)13(19)4-5-16-14(20)11-2-3-12(15)10-11/h11-12H,2-10,15H2,1H3,(H,16,20). The molecule has 0 radical (unpaired) electrons. The normalized spacial score (nSPS) is 27.6. The van der Waals surface area contributed by atoms with Gasteiger partial charge in [0.15, 0.2) is 0 Å². The zero-order chi connectivity index (χ0) is 14.5. The van der Waals surface area contributed by atoms with Crippen LogP contribution >= 0.6 is 0 Å². The summed E-state index contributed by atoms with van der Waals surface area (Å²) in [6.07, 6.45) is 2.98. The van der Waals surface area contributed by atoms with Crippen molar-refractivity contribution in [3.63, 3.8) is 0 Å². The van der Waals surface area contributed by atoms with Crippen molar-refractivity contribution >= 4 is 11.8 Å². The molecule has 0 aromatic heterocycles. The van der Waals surface area contributed by atoms with Gasteiger partial charge in [-0.05, 0) is 26.3 Å². The monoisotopic (exact) mass is 282 g/mol. The summed E-state index contributed by atoms with van der Waals surface area (Å²) >= 11 is 0. The van der Waals surface area contributed by atoms with Gasteiger partial charge in [0.2, 0.25) is 11.8 Å². The average Bonchev–Trinajstić information content (AvgIpc) is 2.86. The fourth-order valence-corrected chi connectivity index (χ4v) is 2.91. The van der Waals surface area contributed by atoms with E-state index in [9.17, 15) is 9.59 Å². The van der Waals surface area contributed by atoms with Gasteiger partial charge >= 0.3 is 0 Å². The Kier molecular flexibility index (Phi) is 5.37. The first kappa shape index (κ1) is 15.3. The van der Waals surface area contributed by atoms with Crippen LogP contribution in [0.25, 0.3) is 0 Å². The van der Waals surface area contributed by atoms with Gasteiger partial charge in [0.25, 0.3) is 0 Å². The lowest BCUT2D eigenvalue weighted by Gasteiger charge is -2.32. The largest absolute Gasteiger partial charge is 0.355 e. The van der Waals surface area contributed by atoms with Gasteiger partial charge in [0, 0.05) is 51.1 Å². The number of piperazine rings is 1. The first-order chi connectivity index (χ1) is 9.56. The van der Waals surface area contributed by atoms with Crippen LogP contribution in [-0.2, 0) is 9.59 Å². The number of nitrogens with zero attached hydrogens (tertiary/aromatic N) is 2. The minimum absolute atomic E-state index is 0.0451. The van der Waals surface area contributed by atoms with Crippen LogP contribution in [0, 0.1) is 5.92 Å². The zero-order valence-corrected chi connectivity index (χ0v) is 12.3. The van der Waals surface area contributed by atoms with Gasteiger partial charge in [-0.2, -0.15) is 0 Å². The molecule has 1 heterocycles. The minimum atomic E-state index is 0.0451. The third-order valence-electron chi connectivity index (χ3n) is 4.34. The summed E-state index contributed by atoms with van der Waals surface area (Å²) in [5.41, 5.74) is 5.80. The van der Waals surface area contributed by atoms with Gasteiger partial charge in [-0.3, -0.25) is 9.59 Å². The summed E-state index contributed by atoms with van der Waals surface area (Å²) in [4.78, 5) is 28.0. The van der Waals surface area contributed by atoms with Gasteiger partial charge in [0.1, 0.15) is 0 Å². The van der Waals surface area contributed by atoms with Crippen LogP contribution in [0.1, 0.15) is 25.7 Å². The molecule has 0 aromatic rings. The Morgan fingerprint density at radius 1 is 1.20 bits per heavy atom. The van der Waals surface area contributed by atoms with E-state index in [2.05, 4.69) is 17.3 Å². The molecule has 0 spiro atoms. The van der Waals surface area contributed by atoms with Crippen molar-refractivity contribution in [3.8, 4) is 0 Å². The van der Waals surface area contributed by atoms with Crippen LogP contribution in [-0.4, -0.2) is 67.4 Å². The molecular formula is C14H26N4O2. The average molecular weight is 282 g/mol. The second kappa shape index (κ2) is 7.04. The highest BCUT2D eigenvalue weighted by molar-refractivity contribution is 5.80. The number of amides is 2. The van der Waals surface area contributed by atoms with E-state index in [4.69, 9.17) is 5.73 Å². The highest BCUT2D eigenvalue weighted by atomic mass is 16.2. The quantitative estimate of drug-likeness (QED) is 0.721. The van der Waals surface area contributed by atoms with Gasteiger partial charge in [-0.25, -0.2) is 0 Å². The number of likely N-dealkylation sites (N-methyl/N-ethyl adjacent to an activating group) is 1. The molecular weight excluding hydrogens is 256 g/mol. The van der Waals surface area contributed by atoms with E-state index in [0.29, 0.717) is 13.0 Å². The summed E-state index contributed by atoms with van der Waals surface area (Å²) in [6.45, 7) is 3.88. The second-order valence-corrected chi connectivity index (χ2v) is 6.00. The van der Waals surface area contributed by atoms with Crippen LogP contribution in [0.2, 0.25) is 0 Å². The zero-order valence-electron chi connectivity index (χ0n) is 12.3. The molecule has 114 valence electrons. The Balaban J connectivity index is 1.63. The number of hydrogen-bond donors (Lipinski definition) is 2. The molecule has 1 saturated heterocycles. The lowest BCUT2D eigenvalue weighted by molar-refractivity contribution is -0.132. The molecule has 1 aliphatic heterocycles. The third kappa shape index (κ3) is 4.18. The summed E-state index contributed by atoms with van der Waals surface area (Å²) in [5, 5.41) is 2.87. The van der Waals surface area contributed by atoms with Crippen LogP contribution in [0.5, 0.6) is 0 Å². The van der Waals surface area contributed by atoms with Gasteiger partial charge < -0.3 is 20.9 Å². The van der Waals surface area contributed by atoms with Crippen LogP contribution in [0.3, 0.4) is 0 Å². The van der Waals surface area contributed by atoms with Gasteiger partial charge in [-0.1, -0.05) is 0 Å². The SMILES string of the molecule is CN1CCN(C(=O)CCNC(=O)C2CCC(N)C2)CC1. The van der Waals surface area contributed by atoms with Crippen LogP contribution in [0.15, 0.2) is 0 Å². The van der Waals surface area contributed by atoms with Crippen molar-refractivity contribution in [1.82, 2.24) is 15.1 Å². The Bertz CT molecular complexity index is 353.